The first kappa shape index (κ1) is 18.4. The van der Waals surface area contributed by atoms with Crippen LogP contribution in [0.1, 0.15) is 5.56 Å². The van der Waals surface area contributed by atoms with E-state index in [0.717, 1.165) is 21.4 Å². The molecule has 0 fully saturated rings. The Kier molecular flexibility index (Phi) is 4.48. The van der Waals surface area contributed by atoms with E-state index in [-0.39, 0.29) is 12.2 Å². The number of carbonyl (C=O) groups is 1. The molecule has 0 saturated carbocycles. The minimum absolute atomic E-state index is 0.0559. The number of rotatable bonds is 3. The van der Waals surface area contributed by atoms with Gasteiger partial charge in [-0.25, -0.2) is 9.66 Å². The van der Waals surface area contributed by atoms with Gasteiger partial charge >= 0.3 is 0 Å². The average Bonchev–Trinajstić information content (AvgIpc) is 3.21. The van der Waals surface area contributed by atoms with Gasteiger partial charge in [-0.3, -0.25) is 15.0 Å². The van der Waals surface area contributed by atoms with E-state index in [2.05, 4.69) is 10.4 Å². The van der Waals surface area contributed by atoms with Crippen molar-refractivity contribution in [3.05, 3.63) is 76.2 Å². The van der Waals surface area contributed by atoms with Crippen LogP contribution < -0.4 is 20.5 Å². The predicted molar refractivity (Wildman–Crippen MR) is 115 cm³/mol. The Morgan fingerprint density at radius 1 is 1.17 bits per heavy atom. The highest BCUT2D eigenvalue weighted by atomic mass is 32.1. The van der Waals surface area contributed by atoms with E-state index in [9.17, 15) is 9.59 Å². The molecule has 1 aliphatic rings. The number of carbonyl (C=O) groups excluding carboxylic acids is 1. The largest absolute Gasteiger partial charge is 0.485 e. The summed E-state index contributed by atoms with van der Waals surface area (Å²) in [6, 6.07) is 15.1. The summed E-state index contributed by atoms with van der Waals surface area (Å²) in [5.74, 6) is 0.590. The van der Waals surface area contributed by atoms with Crippen molar-refractivity contribution in [1.29, 1.82) is 0 Å². The lowest BCUT2D eigenvalue weighted by Gasteiger charge is -2.25. The zero-order valence-corrected chi connectivity index (χ0v) is 16.8. The highest BCUT2D eigenvalue weighted by Gasteiger charge is 2.28. The zero-order valence-electron chi connectivity index (χ0n) is 16.0. The third kappa shape index (κ3) is 3.21. The van der Waals surface area contributed by atoms with Gasteiger partial charge in [-0.05, 0) is 24.6 Å². The molecule has 4 aromatic rings. The first-order valence-corrected chi connectivity index (χ1v) is 10.2. The lowest BCUT2D eigenvalue weighted by molar-refractivity contribution is -0.126. The van der Waals surface area contributed by atoms with Crippen molar-refractivity contribution in [2.24, 2.45) is 0 Å². The van der Waals surface area contributed by atoms with Crippen molar-refractivity contribution >= 4 is 27.5 Å². The fourth-order valence-corrected chi connectivity index (χ4v) is 4.20. The number of aryl methyl sites for hydroxylation is 1. The van der Waals surface area contributed by atoms with Gasteiger partial charge in [-0.1, -0.05) is 42.0 Å². The lowest BCUT2D eigenvalue weighted by atomic mass is 10.1. The fourth-order valence-electron chi connectivity index (χ4n) is 3.30. The summed E-state index contributed by atoms with van der Waals surface area (Å²) in [7, 11) is 0. The summed E-state index contributed by atoms with van der Waals surface area (Å²) in [6.45, 7) is 2.06. The highest BCUT2D eigenvalue weighted by Crippen LogP contribution is 2.32. The minimum atomic E-state index is -0.874. The molecule has 0 spiro atoms. The quantitative estimate of drug-likeness (QED) is 0.551. The summed E-state index contributed by atoms with van der Waals surface area (Å²) in [6.07, 6.45) is 0.442. The molecule has 8 heteroatoms. The molecule has 2 aromatic heterocycles. The number of nitrogens with one attached hydrogen (secondary N) is 1. The van der Waals surface area contributed by atoms with Crippen LogP contribution in [-0.4, -0.2) is 28.3 Å². The van der Waals surface area contributed by atoms with Crippen molar-refractivity contribution < 1.29 is 14.3 Å². The zero-order chi connectivity index (χ0) is 20.7. The molecule has 5 rings (SSSR count). The number of amides is 1. The van der Waals surface area contributed by atoms with Crippen LogP contribution in [0.4, 0.5) is 0 Å². The molecule has 7 nitrogen and oxygen atoms in total. The van der Waals surface area contributed by atoms with Gasteiger partial charge in [0, 0.05) is 10.9 Å². The summed E-state index contributed by atoms with van der Waals surface area (Å²) in [5.41, 5.74) is 5.09. The van der Waals surface area contributed by atoms with Gasteiger partial charge in [0.2, 0.25) is 6.10 Å². The molecule has 1 N–H and O–H groups in total. The van der Waals surface area contributed by atoms with E-state index < -0.39 is 12.0 Å². The number of benzene rings is 2. The van der Waals surface area contributed by atoms with E-state index in [1.807, 2.05) is 42.6 Å². The number of ether oxygens (including phenoxy) is 2. The van der Waals surface area contributed by atoms with Gasteiger partial charge in [-0.2, -0.15) is 0 Å². The molecule has 0 unspecified atom stereocenters. The minimum Gasteiger partial charge on any atom is -0.485 e. The van der Waals surface area contributed by atoms with Crippen molar-refractivity contribution in [3.8, 4) is 22.6 Å². The molecule has 150 valence electrons. The topological polar surface area (TPSA) is 82.5 Å². The van der Waals surface area contributed by atoms with Crippen LogP contribution in [-0.2, 0) is 4.79 Å². The van der Waals surface area contributed by atoms with E-state index in [0.29, 0.717) is 21.7 Å². The van der Waals surface area contributed by atoms with Crippen molar-refractivity contribution in [2.75, 3.05) is 12.0 Å². The van der Waals surface area contributed by atoms with Gasteiger partial charge in [0.1, 0.15) is 17.8 Å². The van der Waals surface area contributed by atoms with Crippen LogP contribution in [0.25, 0.3) is 21.3 Å². The van der Waals surface area contributed by atoms with Crippen LogP contribution in [0.15, 0.2) is 65.0 Å². The molecule has 1 atom stereocenters. The molecule has 30 heavy (non-hydrogen) atoms. The second-order valence-corrected chi connectivity index (χ2v) is 7.81. The third-order valence-electron chi connectivity index (χ3n) is 4.89. The predicted octanol–water partition coefficient (Wildman–Crippen LogP) is 3.34. The van der Waals surface area contributed by atoms with Crippen LogP contribution in [0.5, 0.6) is 11.5 Å². The summed E-state index contributed by atoms with van der Waals surface area (Å²) in [5, 5.41) is 2.38. The van der Waals surface area contributed by atoms with Crippen molar-refractivity contribution in [3.63, 3.8) is 0 Å². The van der Waals surface area contributed by atoms with Gasteiger partial charge < -0.3 is 9.47 Å². The number of aromatic nitrogens is 2. The Labute approximate surface area is 175 Å². The number of hydrogen-bond acceptors (Lipinski definition) is 6. The Morgan fingerprint density at radius 2 is 1.93 bits per heavy atom. The molecule has 0 radical (unpaired) electrons. The summed E-state index contributed by atoms with van der Waals surface area (Å²) in [4.78, 5) is 30.8. The smallest absolute Gasteiger partial charge is 0.283 e. The van der Waals surface area contributed by atoms with Crippen molar-refractivity contribution in [1.82, 2.24) is 9.66 Å². The highest BCUT2D eigenvalue weighted by molar-refractivity contribution is 7.17. The molecule has 3 heterocycles. The molecular weight excluding hydrogens is 402 g/mol. The second kappa shape index (κ2) is 7.31. The number of thiophene rings is 1. The normalized spacial score (nSPS) is 15.2. The van der Waals surface area contributed by atoms with Gasteiger partial charge in [0.15, 0.2) is 11.5 Å². The number of nitrogens with zero attached hydrogens (tertiary/aromatic N) is 2. The molecule has 1 amide bonds. The first-order chi connectivity index (χ1) is 14.6. The monoisotopic (exact) mass is 419 g/mol. The Balaban J connectivity index is 1.45. The Hall–Kier alpha value is -3.65. The van der Waals surface area contributed by atoms with E-state index in [1.54, 1.807) is 18.2 Å². The molecule has 0 saturated heterocycles. The molecular formula is C22H17N3O4S. The van der Waals surface area contributed by atoms with Gasteiger partial charge in [0.25, 0.3) is 11.5 Å². The maximum atomic E-state index is 13.1. The molecule has 1 aliphatic heterocycles. The van der Waals surface area contributed by atoms with Gasteiger partial charge in [-0.15, -0.1) is 11.3 Å². The standard InChI is InChI=1S/C22H17N3O4S/c1-13-6-8-14(9-7-13)15-11-30-21-19(15)22(27)25(12-23-21)24-20(26)18-10-28-16-4-2-3-5-17(16)29-18/h2-9,11-12,18H,10H2,1H3,(H,24,26)/t18-/m1/s1. The number of hydrogen-bond donors (Lipinski definition) is 1. The molecule has 0 aliphatic carbocycles. The average molecular weight is 419 g/mol. The maximum Gasteiger partial charge on any atom is 0.283 e. The SMILES string of the molecule is Cc1ccc(-c2csc3ncn(NC(=O)[C@H]4COc5ccccc5O4)c(=O)c23)cc1. The molecule has 0 bridgehead atoms. The van der Waals surface area contributed by atoms with Crippen LogP contribution in [0.2, 0.25) is 0 Å². The van der Waals surface area contributed by atoms with Crippen molar-refractivity contribution in [2.45, 2.75) is 13.0 Å². The van der Waals surface area contributed by atoms with Crippen LogP contribution >= 0.6 is 11.3 Å². The summed E-state index contributed by atoms with van der Waals surface area (Å²) < 4.78 is 12.4. The van der Waals surface area contributed by atoms with Crippen LogP contribution in [0, 0.1) is 6.92 Å². The Bertz CT molecular complexity index is 1310. The lowest BCUT2D eigenvalue weighted by Crippen LogP contribution is -2.45. The number of fused-ring (bicyclic) bond motifs is 2. The van der Waals surface area contributed by atoms with E-state index >= 15 is 0 Å². The van der Waals surface area contributed by atoms with E-state index in [4.69, 9.17) is 9.47 Å². The second-order valence-electron chi connectivity index (χ2n) is 6.96. The fraction of sp³-hybridized carbons (Fsp3) is 0.136. The Morgan fingerprint density at radius 3 is 2.73 bits per heavy atom. The van der Waals surface area contributed by atoms with E-state index in [1.165, 1.54) is 17.7 Å². The maximum absolute atomic E-state index is 13.1. The van der Waals surface area contributed by atoms with Crippen LogP contribution in [0.3, 0.4) is 0 Å². The van der Waals surface area contributed by atoms with Gasteiger partial charge in [0.05, 0.1) is 5.39 Å². The number of para-hydroxylation sites is 2. The third-order valence-corrected chi connectivity index (χ3v) is 5.78. The summed E-state index contributed by atoms with van der Waals surface area (Å²) >= 11 is 1.39. The molecule has 2 aromatic carbocycles. The first-order valence-electron chi connectivity index (χ1n) is 9.35.